The standard InChI is InChI=1S/C46H39N7O2/c1-2-17-42-47-45(51-30-15-16-31-51)41(28-29-43(54)55)52(42)33-34-26-27-39(35-18-7-3-8-19-35)40(32-34)44-48-50-53(49-44)46(36-20-9-4-10-21-36,37-22-11-5-12-23-37)38-24-13-6-14-25-38/h3-16,18-32H,2,17,33H2,1H3,(H,54,55). The van der Waals surface area contributed by atoms with Crippen molar-refractivity contribution in [2.45, 2.75) is 31.8 Å². The van der Waals surface area contributed by atoms with E-state index in [4.69, 9.17) is 20.4 Å². The van der Waals surface area contributed by atoms with Crippen LogP contribution in [0.15, 0.2) is 170 Å². The van der Waals surface area contributed by atoms with Crippen LogP contribution in [0.1, 0.15) is 47.1 Å². The Balaban J connectivity index is 1.31. The van der Waals surface area contributed by atoms with E-state index < -0.39 is 11.5 Å². The highest BCUT2D eigenvalue weighted by atomic mass is 16.4. The normalized spacial score (nSPS) is 11.7. The van der Waals surface area contributed by atoms with Gasteiger partial charge in [-0.1, -0.05) is 140 Å². The molecule has 0 saturated carbocycles. The number of hydrogen-bond acceptors (Lipinski definition) is 5. The lowest BCUT2D eigenvalue weighted by Gasteiger charge is -2.34. The predicted molar refractivity (Wildman–Crippen MR) is 215 cm³/mol. The van der Waals surface area contributed by atoms with E-state index in [-0.39, 0.29) is 0 Å². The Hall–Kier alpha value is -7.13. The molecule has 9 heteroatoms. The highest BCUT2D eigenvalue weighted by molar-refractivity contribution is 5.85. The van der Waals surface area contributed by atoms with E-state index in [0.717, 1.165) is 57.6 Å². The first-order valence-electron chi connectivity index (χ1n) is 18.4. The number of nitrogens with zero attached hydrogens (tertiary/aromatic N) is 7. The largest absolute Gasteiger partial charge is 0.478 e. The summed E-state index contributed by atoms with van der Waals surface area (Å²) in [5, 5.41) is 24.5. The summed E-state index contributed by atoms with van der Waals surface area (Å²) in [5.74, 6) is 0.999. The fourth-order valence-electron chi connectivity index (χ4n) is 7.35. The van der Waals surface area contributed by atoms with Crippen LogP contribution in [0.2, 0.25) is 0 Å². The molecular formula is C46H39N7O2. The van der Waals surface area contributed by atoms with Crippen LogP contribution in [-0.2, 0) is 23.3 Å². The molecule has 8 aromatic rings. The molecule has 0 amide bonds. The Bertz CT molecular complexity index is 2450. The van der Waals surface area contributed by atoms with E-state index in [9.17, 15) is 9.90 Å². The average molecular weight is 722 g/mol. The van der Waals surface area contributed by atoms with Crippen LogP contribution in [0.3, 0.4) is 0 Å². The van der Waals surface area contributed by atoms with E-state index in [2.05, 4.69) is 78.2 Å². The van der Waals surface area contributed by atoms with Gasteiger partial charge in [0.1, 0.15) is 5.82 Å². The summed E-state index contributed by atoms with van der Waals surface area (Å²) < 4.78 is 4.02. The lowest BCUT2D eigenvalue weighted by Crippen LogP contribution is -2.39. The van der Waals surface area contributed by atoms with Crippen molar-refractivity contribution >= 4 is 12.0 Å². The topological polar surface area (TPSA) is 104 Å². The van der Waals surface area contributed by atoms with Crippen LogP contribution in [0.25, 0.3) is 34.4 Å². The van der Waals surface area contributed by atoms with Crippen molar-refractivity contribution in [3.05, 3.63) is 204 Å². The summed E-state index contributed by atoms with van der Waals surface area (Å²) in [7, 11) is 0. The number of aliphatic carboxylic acids is 1. The molecule has 0 unspecified atom stereocenters. The van der Waals surface area contributed by atoms with Gasteiger partial charge in [0.25, 0.3) is 0 Å². The molecule has 0 fully saturated rings. The molecule has 0 aliphatic rings. The van der Waals surface area contributed by atoms with Gasteiger partial charge in [0.05, 0.1) is 5.69 Å². The molecular weight excluding hydrogens is 683 g/mol. The molecule has 55 heavy (non-hydrogen) atoms. The van der Waals surface area contributed by atoms with Crippen molar-refractivity contribution < 1.29 is 9.90 Å². The summed E-state index contributed by atoms with van der Waals surface area (Å²) in [6.07, 6.45) is 8.24. The van der Waals surface area contributed by atoms with Gasteiger partial charge in [-0.2, -0.15) is 0 Å². The van der Waals surface area contributed by atoms with Gasteiger partial charge in [0, 0.05) is 37.0 Å². The third kappa shape index (κ3) is 6.79. The molecule has 1 N–H and O–H groups in total. The van der Waals surface area contributed by atoms with Crippen molar-refractivity contribution in [3.8, 4) is 28.3 Å². The summed E-state index contributed by atoms with van der Waals surface area (Å²) >= 11 is 0. The number of tetrazole rings is 1. The quantitative estimate of drug-likeness (QED) is 0.0942. The molecule has 9 nitrogen and oxygen atoms in total. The molecule has 270 valence electrons. The van der Waals surface area contributed by atoms with Crippen molar-refractivity contribution in [2.75, 3.05) is 0 Å². The lowest BCUT2D eigenvalue weighted by atomic mass is 9.77. The SMILES string of the molecule is CCCc1nc(-n2cccc2)c(C=CC(=O)O)n1Cc1ccc(-c2ccccc2)c(-c2nnn(C(c3ccccc3)(c3ccccc3)c3ccccc3)n2)c1. The van der Waals surface area contributed by atoms with Gasteiger partial charge in [-0.3, -0.25) is 0 Å². The van der Waals surface area contributed by atoms with Gasteiger partial charge in [-0.15, -0.1) is 15.0 Å². The monoisotopic (exact) mass is 721 g/mol. The number of aryl methyl sites for hydroxylation is 1. The number of aromatic nitrogens is 7. The molecule has 3 heterocycles. The Kier molecular flexibility index (Phi) is 9.82. The van der Waals surface area contributed by atoms with Crippen LogP contribution in [0.5, 0.6) is 0 Å². The first-order valence-corrected chi connectivity index (χ1v) is 18.4. The molecule has 0 aliphatic carbocycles. The molecule has 5 aromatic carbocycles. The number of carboxylic acids is 1. The smallest absolute Gasteiger partial charge is 0.328 e. The van der Waals surface area contributed by atoms with E-state index in [1.807, 2.05) is 102 Å². The second-order valence-electron chi connectivity index (χ2n) is 13.3. The van der Waals surface area contributed by atoms with Crippen molar-refractivity contribution in [2.24, 2.45) is 0 Å². The van der Waals surface area contributed by atoms with Crippen LogP contribution in [0.4, 0.5) is 0 Å². The number of carbonyl (C=O) groups is 1. The van der Waals surface area contributed by atoms with Crippen molar-refractivity contribution in [3.63, 3.8) is 0 Å². The maximum atomic E-state index is 11.7. The molecule has 0 radical (unpaired) electrons. The molecule has 8 rings (SSSR count). The van der Waals surface area contributed by atoms with Gasteiger partial charge in [0.2, 0.25) is 5.82 Å². The van der Waals surface area contributed by atoms with Gasteiger partial charge < -0.3 is 14.2 Å². The van der Waals surface area contributed by atoms with E-state index in [1.165, 1.54) is 6.08 Å². The Morgan fingerprint density at radius 3 is 1.87 bits per heavy atom. The number of benzene rings is 5. The third-order valence-electron chi connectivity index (χ3n) is 9.81. The Morgan fingerprint density at radius 1 is 0.727 bits per heavy atom. The van der Waals surface area contributed by atoms with E-state index >= 15 is 0 Å². The molecule has 3 aromatic heterocycles. The van der Waals surface area contributed by atoms with Gasteiger partial charge in [-0.25, -0.2) is 9.78 Å². The lowest BCUT2D eigenvalue weighted by molar-refractivity contribution is -0.131. The number of carboxylic acid groups (broad SMARTS) is 1. The summed E-state index contributed by atoms with van der Waals surface area (Å²) in [4.78, 5) is 18.5. The third-order valence-corrected chi connectivity index (χ3v) is 9.81. The second kappa shape index (κ2) is 15.5. The maximum absolute atomic E-state index is 11.7. The van der Waals surface area contributed by atoms with Crippen LogP contribution in [0, 0.1) is 0 Å². The summed E-state index contributed by atoms with van der Waals surface area (Å²) in [5.41, 5.74) is 6.56. The van der Waals surface area contributed by atoms with E-state index in [0.29, 0.717) is 23.9 Å². The zero-order valence-corrected chi connectivity index (χ0v) is 30.4. The molecule has 0 aliphatic heterocycles. The number of hydrogen-bond donors (Lipinski definition) is 1. The zero-order chi connectivity index (χ0) is 37.6. The average Bonchev–Trinajstić information content (AvgIpc) is 4.01. The summed E-state index contributed by atoms with van der Waals surface area (Å²) in [6.45, 7) is 2.56. The number of rotatable bonds is 13. The minimum absolute atomic E-state index is 0.446. The molecule has 0 saturated heterocycles. The van der Waals surface area contributed by atoms with Crippen molar-refractivity contribution in [1.29, 1.82) is 0 Å². The maximum Gasteiger partial charge on any atom is 0.328 e. The highest BCUT2D eigenvalue weighted by Gasteiger charge is 2.41. The fraction of sp³-hybridized carbons (Fsp3) is 0.109. The van der Waals surface area contributed by atoms with Crippen LogP contribution in [-0.4, -0.2) is 45.4 Å². The molecule has 0 atom stereocenters. The Morgan fingerprint density at radius 2 is 1.31 bits per heavy atom. The molecule has 0 bridgehead atoms. The fourth-order valence-corrected chi connectivity index (χ4v) is 7.35. The van der Waals surface area contributed by atoms with Crippen LogP contribution >= 0.6 is 0 Å². The van der Waals surface area contributed by atoms with Crippen molar-refractivity contribution in [1.82, 2.24) is 34.3 Å². The van der Waals surface area contributed by atoms with Crippen LogP contribution < -0.4 is 0 Å². The van der Waals surface area contributed by atoms with Gasteiger partial charge in [0.15, 0.2) is 11.4 Å². The van der Waals surface area contributed by atoms with Gasteiger partial charge in [-0.05, 0) is 69.3 Å². The van der Waals surface area contributed by atoms with Gasteiger partial charge >= 0.3 is 5.97 Å². The Labute approximate surface area is 319 Å². The minimum atomic E-state index is -1.02. The summed E-state index contributed by atoms with van der Waals surface area (Å²) in [6, 6.07) is 51.3. The second-order valence-corrected chi connectivity index (χ2v) is 13.3. The predicted octanol–water partition coefficient (Wildman–Crippen LogP) is 8.93. The minimum Gasteiger partial charge on any atom is -0.478 e. The first kappa shape index (κ1) is 34.9. The first-order chi connectivity index (χ1) is 27.1. The highest BCUT2D eigenvalue weighted by Crippen LogP contribution is 2.40. The zero-order valence-electron chi connectivity index (χ0n) is 30.4. The van der Waals surface area contributed by atoms with E-state index in [1.54, 1.807) is 10.9 Å². The molecule has 0 spiro atoms. The number of imidazole rings is 1.